The van der Waals surface area contributed by atoms with Crippen LogP contribution in [0.25, 0.3) is 0 Å². The molecule has 2 N–H and O–H groups in total. The minimum atomic E-state index is -0.632. The molecule has 0 bridgehead atoms. The highest BCUT2D eigenvalue weighted by atomic mass is 35.5. The highest BCUT2D eigenvalue weighted by Crippen LogP contribution is 2.23. The highest BCUT2D eigenvalue weighted by molar-refractivity contribution is 6.30. The van der Waals surface area contributed by atoms with Gasteiger partial charge in [-0.3, -0.25) is 4.79 Å². The van der Waals surface area contributed by atoms with E-state index in [0.29, 0.717) is 22.7 Å². The number of hydrogen-bond acceptors (Lipinski definition) is 4. The Labute approximate surface area is 138 Å². The zero-order chi connectivity index (χ0) is 16.8. The molecule has 2 aromatic rings. The Hall–Kier alpha value is -2.53. The van der Waals surface area contributed by atoms with Crippen molar-refractivity contribution >= 4 is 29.2 Å². The van der Waals surface area contributed by atoms with E-state index in [-0.39, 0.29) is 23.8 Å². The van der Waals surface area contributed by atoms with Crippen LogP contribution in [0.15, 0.2) is 42.5 Å². The van der Waals surface area contributed by atoms with Gasteiger partial charge in [0, 0.05) is 16.3 Å². The van der Waals surface area contributed by atoms with Crippen molar-refractivity contribution in [2.24, 2.45) is 0 Å². The number of benzene rings is 2. The number of phenolic OH excluding ortho intramolecular Hbond substituents is 1. The molecule has 0 aliphatic heterocycles. The lowest BCUT2D eigenvalue weighted by Gasteiger charge is -2.09. The van der Waals surface area contributed by atoms with Gasteiger partial charge in [-0.1, -0.05) is 18.5 Å². The number of aromatic hydroxyl groups is 1. The summed E-state index contributed by atoms with van der Waals surface area (Å²) >= 11 is 5.78. The van der Waals surface area contributed by atoms with Gasteiger partial charge >= 0.3 is 5.97 Å². The van der Waals surface area contributed by atoms with Gasteiger partial charge in [0.05, 0.1) is 6.61 Å². The van der Waals surface area contributed by atoms with Gasteiger partial charge in [0.2, 0.25) is 0 Å². The molecule has 0 radical (unpaired) electrons. The molecule has 2 rings (SSSR count). The van der Waals surface area contributed by atoms with E-state index in [9.17, 15) is 14.7 Å². The molecule has 0 spiro atoms. The first-order chi connectivity index (χ1) is 11.0. The Bertz CT molecular complexity index is 713. The van der Waals surface area contributed by atoms with E-state index in [1.165, 1.54) is 18.2 Å². The zero-order valence-corrected chi connectivity index (χ0v) is 13.3. The average Bonchev–Trinajstić information content (AvgIpc) is 2.55. The summed E-state index contributed by atoms with van der Waals surface area (Å²) in [6.07, 6.45) is 0.680. The monoisotopic (exact) mass is 333 g/mol. The molecular weight excluding hydrogens is 318 g/mol. The zero-order valence-electron chi connectivity index (χ0n) is 12.5. The smallest absolute Gasteiger partial charge is 0.341 e. The van der Waals surface area contributed by atoms with Gasteiger partial charge in [0.15, 0.2) is 0 Å². The summed E-state index contributed by atoms with van der Waals surface area (Å²) < 4.78 is 4.99. The summed E-state index contributed by atoms with van der Waals surface area (Å²) in [5.74, 6) is -1.18. The van der Waals surface area contributed by atoms with Crippen LogP contribution in [0.4, 0.5) is 5.69 Å². The first-order valence-corrected chi connectivity index (χ1v) is 7.46. The number of amides is 1. The van der Waals surface area contributed by atoms with Crippen molar-refractivity contribution in [3.8, 4) is 5.75 Å². The van der Waals surface area contributed by atoms with Gasteiger partial charge in [0.25, 0.3) is 5.91 Å². The van der Waals surface area contributed by atoms with Crippen LogP contribution < -0.4 is 5.32 Å². The minimum absolute atomic E-state index is 0.00681. The predicted octanol–water partition coefficient (Wildman–Crippen LogP) is 3.86. The summed E-state index contributed by atoms with van der Waals surface area (Å²) in [7, 11) is 0. The lowest BCUT2D eigenvalue weighted by Crippen LogP contribution is -2.13. The van der Waals surface area contributed by atoms with Gasteiger partial charge in [-0.25, -0.2) is 4.79 Å². The van der Waals surface area contributed by atoms with Crippen LogP contribution >= 0.6 is 11.6 Å². The maximum atomic E-state index is 12.1. The number of rotatable bonds is 5. The summed E-state index contributed by atoms with van der Waals surface area (Å²) in [4.78, 5) is 24.0. The number of phenols is 1. The highest BCUT2D eigenvalue weighted by Gasteiger charge is 2.14. The molecular formula is C17H16ClNO4. The fraction of sp³-hybridized carbons (Fsp3) is 0.176. The maximum absolute atomic E-state index is 12.1. The summed E-state index contributed by atoms with van der Waals surface area (Å²) in [6, 6.07) is 10.6. The Morgan fingerprint density at radius 2 is 1.87 bits per heavy atom. The maximum Gasteiger partial charge on any atom is 0.341 e. The number of carbonyl (C=O) groups excluding carboxylic acids is 2. The third-order valence-corrected chi connectivity index (χ3v) is 3.27. The van der Waals surface area contributed by atoms with E-state index in [1.807, 2.05) is 6.92 Å². The van der Waals surface area contributed by atoms with Gasteiger partial charge in [-0.15, -0.1) is 0 Å². The van der Waals surface area contributed by atoms with Crippen molar-refractivity contribution in [2.75, 3.05) is 11.9 Å². The van der Waals surface area contributed by atoms with Crippen LogP contribution in [0.1, 0.15) is 34.1 Å². The Morgan fingerprint density at radius 1 is 1.17 bits per heavy atom. The second kappa shape index (κ2) is 7.65. The van der Waals surface area contributed by atoms with Crippen LogP contribution in [0.5, 0.6) is 5.75 Å². The third-order valence-electron chi connectivity index (χ3n) is 3.02. The molecule has 0 aliphatic carbocycles. The molecule has 2 aromatic carbocycles. The molecule has 0 saturated carbocycles. The van der Waals surface area contributed by atoms with Crippen LogP contribution in [0.2, 0.25) is 5.02 Å². The van der Waals surface area contributed by atoms with E-state index in [4.69, 9.17) is 16.3 Å². The fourth-order valence-electron chi connectivity index (χ4n) is 1.85. The van der Waals surface area contributed by atoms with Gasteiger partial charge in [0.1, 0.15) is 11.3 Å². The molecule has 0 heterocycles. The molecule has 1 amide bonds. The molecule has 0 fully saturated rings. The molecule has 0 aliphatic rings. The van der Waals surface area contributed by atoms with E-state index in [1.54, 1.807) is 24.3 Å². The molecule has 0 unspecified atom stereocenters. The average molecular weight is 334 g/mol. The fourth-order valence-corrected chi connectivity index (χ4v) is 1.98. The summed E-state index contributed by atoms with van der Waals surface area (Å²) in [5, 5.41) is 12.9. The van der Waals surface area contributed by atoms with Crippen molar-refractivity contribution < 1.29 is 19.4 Å². The predicted molar refractivity (Wildman–Crippen MR) is 88.1 cm³/mol. The third kappa shape index (κ3) is 4.47. The lowest BCUT2D eigenvalue weighted by atomic mass is 10.1. The second-order valence-corrected chi connectivity index (χ2v) is 5.27. The number of carbonyl (C=O) groups is 2. The number of hydrogen-bond donors (Lipinski definition) is 2. The van der Waals surface area contributed by atoms with Crippen molar-refractivity contribution in [1.82, 2.24) is 0 Å². The van der Waals surface area contributed by atoms with Gasteiger partial charge in [-0.2, -0.15) is 0 Å². The number of ether oxygens (including phenoxy) is 1. The molecule has 5 nitrogen and oxygen atoms in total. The van der Waals surface area contributed by atoms with Crippen LogP contribution in [0, 0.1) is 0 Å². The number of anilines is 1. The van der Waals surface area contributed by atoms with Gasteiger partial charge in [-0.05, 0) is 48.9 Å². The number of esters is 1. The number of nitrogens with one attached hydrogen (secondary N) is 1. The van der Waals surface area contributed by atoms with Crippen LogP contribution in [-0.4, -0.2) is 23.6 Å². The van der Waals surface area contributed by atoms with Crippen molar-refractivity contribution in [2.45, 2.75) is 13.3 Å². The summed E-state index contributed by atoms with van der Waals surface area (Å²) in [6.45, 7) is 2.13. The standard InChI is InChI=1S/C17H16ClNO4/c1-2-9-23-17(22)14-10-13(7-8-15(14)20)19-16(21)11-3-5-12(18)6-4-11/h3-8,10,20H,2,9H2,1H3,(H,19,21). The Morgan fingerprint density at radius 3 is 2.52 bits per heavy atom. The Kier molecular flexibility index (Phi) is 5.60. The molecule has 23 heavy (non-hydrogen) atoms. The van der Waals surface area contributed by atoms with E-state index in [2.05, 4.69) is 5.32 Å². The molecule has 0 aromatic heterocycles. The van der Waals surface area contributed by atoms with Crippen molar-refractivity contribution in [3.63, 3.8) is 0 Å². The minimum Gasteiger partial charge on any atom is -0.507 e. The summed E-state index contributed by atoms with van der Waals surface area (Å²) in [5.41, 5.74) is 0.816. The van der Waals surface area contributed by atoms with Crippen molar-refractivity contribution in [1.29, 1.82) is 0 Å². The lowest BCUT2D eigenvalue weighted by molar-refractivity contribution is 0.0501. The van der Waals surface area contributed by atoms with Gasteiger partial charge < -0.3 is 15.2 Å². The largest absolute Gasteiger partial charge is 0.507 e. The van der Waals surface area contributed by atoms with Crippen molar-refractivity contribution in [3.05, 3.63) is 58.6 Å². The molecule has 120 valence electrons. The molecule has 0 saturated heterocycles. The van der Waals surface area contributed by atoms with Crippen LogP contribution in [0.3, 0.4) is 0 Å². The SMILES string of the molecule is CCCOC(=O)c1cc(NC(=O)c2ccc(Cl)cc2)ccc1O. The topological polar surface area (TPSA) is 75.6 Å². The van der Waals surface area contributed by atoms with Crippen LogP contribution in [-0.2, 0) is 4.74 Å². The number of halogens is 1. The van der Waals surface area contributed by atoms with E-state index in [0.717, 1.165) is 0 Å². The normalized spacial score (nSPS) is 10.2. The molecule has 6 heteroatoms. The quantitative estimate of drug-likeness (QED) is 0.643. The van der Waals surface area contributed by atoms with E-state index >= 15 is 0 Å². The first kappa shape index (κ1) is 16.8. The first-order valence-electron chi connectivity index (χ1n) is 7.08. The molecule has 0 atom stereocenters. The second-order valence-electron chi connectivity index (χ2n) is 4.83. The van der Waals surface area contributed by atoms with E-state index < -0.39 is 5.97 Å². The Balaban J connectivity index is 2.15.